The van der Waals surface area contributed by atoms with Gasteiger partial charge in [0.1, 0.15) is 6.61 Å². The number of hydrogen-bond acceptors (Lipinski definition) is 3. The third-order valence-electron chi connectivity index (χ3n) is 3.06. The van der Waals surface area contributed by atoms with Crippen LogP contribution < -0.4 is 5.32 Å². The van der Waals surface area contributed by atoms with E-state index in [0.29, 0.717) is 0 Å². The van der Waals surface area contributed by atoms with Gasteiger partial charge in [-0.25, -0.2) is 0 Å². The summed E-state index contributed by atoms with van der Waals surface area (Å²) in [6, 6.07) is -0.211. The van der Waals surface area contributed by atoms with E-state index in [4.69, 9.17) is 0 Å². The summed E-state index contributed by atoms with van der Waals surface area (Å²) < 4.78 is 40.3. The molecule has 0 bridgehead atoms. The number of hydrogen-bond donors (Lipinski definition) is 1. The number of carbonyl (C=O) groups excluding carboxylic acids is 1. The maximum Gasteiger partial charge on any atom is 0.411 e. The zero-order valence-electron chi connectivity index (χ0n) is 11.3. The van der Waals surface area contributed by atoms with Crippen LogP contribution in [0.25, 0.3) is 0 Å². The Kier molecular flexibility index (Phi) is 6.06. The molecule has 0 aliphatic carbocycles. The van der Waals surface area contributed by atoms with Gasteiger partial charge in [-0.3, -0.25) is 10.1 Å². The van der Waals surface area contributed by atoms with Crippen molar-refractivity contribution in [1.82, 2.24) is 10.2 Å². The third kappa shape index (κ3) is 4.99. The molecule has 1 aliphatic rings. The van der Waals surface area contributed by atoms with Crippen molar-refractivity contribution in [3.05, 3.63) is 0 Å². The van der Waals surface area contributed by atoms with Gasteiger partial charge in [-0.15, -0.1) is 0 Å². The molecular formula is C12H21F3N2O2. The van der Waals surface area contributed by atoms with Gasteiger partial charge in [-0.05, 0) is 12.8 Å². The molecule has 1 fully saturated rings. The molecule has 0 aromatic rings. The Hall–Kier alpha value is -0.820. The predicted octanol–water partition coefficient (Wildman–Crippen LogP) is 1.90. The van der Waals surface area contributed by atoms with Gasteiger partial charge in [0.05, 0.1) is 18.8 Å². The van der Waals surface area contributed by atoms with Crippen molar-refractivity contribution in [1.29, 1.82) is 0 Å². The Morgan fingerprint density at radius 3 is 2.58 bits per heavy atom. The van der Waals surface area contributed by atoms with Crippen LogP contribution in [0.5, 0.6) is 0 Å². The monoisotopic (exact) mass is 282 g/mol. The maximum atomic E-state index is 12.0. The number of carbonyl (C=O) groups is 1. The van der Waals surface area contributed by atoms with Gasteiger partial charge in [0.15, 0.2) is 0 Å². The lowest BCUT2D eigenvalue weighted by atomic mass is 10.2. The summed E-state index contributed by atoms with van der Waals surface area (Å²) in [6.07, 6.45) is -2.06. The molecule has 0 spiro atoms. The van der Waals surface area contributed by atoms with E-state index in [1.807, 2.05) is 13.8 Å². The van der Waals surface area contributed by atoms with Crippen LogP contribution in [-0.4, -0.2) is 48.9 Å². The average molecular weight is 282 g/mol. The molecule has 19 heavy (non-hydrogen) atoms. The topological polar surface area (TPSA) is 41.6 Å². The Morgan fingerprint density at radius 1 is 1.37 bits per heavy atom. The summed E-state index contributed by atoms with van der Waals surface area (Å²) in [6.45, 7) is 2.76. The second-order valence-corrected chi connectivity index (χ2v) is 4.63. The fourth-order valence-corrected chi connectivity index (χ4v) is 2.20. The molecule has 1 heterocycles. The first-order valence-corrected chi connectivity index (χ1v) is 6.60. The van der Waals surface area contributed by atoms with Crippen LogP contribution in [0, 0.1) is 0 Å². The lowest BCUT2D eigenvalue weighted by Crippen LogP contribution is -2.39. The van der Waals surface area contributed by atoms with Gasteiger partial charge >= 0.3 is 6.18 Å². The third-order valence-corrected chi connectivity index (χ3v) is 3.06. The van der Waals surface area contributed by atoms with Gasteiger partial charge in [0.25, 0.3) is 0 Å². The number of amides is 1. The molecule has 1 N–H and O–H groups in total. The number of rotatable bonds is 7. The van der Waals surface area contributed by atoms with Crippen molar-refractivity contribution in [3.63, 3.8) is 0 Å². The molecule has 0 aromatic carbocycles. The Labute approximate surface area is 111 Å². The molecule has 2 atom stereocenters. The van der Waals surface area contributed by atoms with Gasteiger partial charge in [-0.2, -0.15) is 13.2 Å². The molecule has 112 valence electrons. The van der Waals surface area contributed by atoms with Crippen molar-refractivity contribution < 1.29 is 22.7 Å². The van der Waals surface area contributed by atoms with Gasteiger partial charge in [0.2, 0.25) is 5.91 Å². The first-order chi connectivity index (χ1) is 8.89. The lowest BCUT2D eigenvalue weighted by Gasteiger charge is -2.23. The summed E-state index contributed by atoms with van der Waals surface area (Å²) in [5.74, 6) is -0.0377. The zero-order chi connectivity index (χ0) is 14.5. The van der Waals surface area contributed by atoms with Crippen LogP contribution >= 0.6 is 0 Å². The molecule has 4 nitrogen and oxygen atoms in total. The largest absolute Gasteiger partial charge is 0.411 e. The van der Waals surface area contributed by atoms with E-state index in [2.05, 4.69) is 10.1 Å². The first kappa shape index (κ1) is 16.2. The molecule has 2 unspecified atom stereocenters. The minimum absolute atomic E-state index is 0.0377. The van der Waals surface area contributed by atoms with Crippen LogP contribution in [0.4, 0.5) is 13.2 Å². The number of nitrogens with one attached hydrogen (secondary N) is 1. The first-order valence-electron chi connectivity index (χ1n) is 6.60. The minimum atomic E-state index is -4.32. The highest BCUT2D eigenvalue weighted by atomic mass is 19.4. The van der Waals surface area contributed by atoms with E-state index >= 15 is 0 Å². The van der Waals surface area contributed by atoms with E-state index in [9.17, 15) is 18.0 Å². The van der Waals surface area contributed by atoms with E-state index in [-0.39, 0.29) is 31.3 Å². The molecule has 7 heteroatoms. The van der Waals surface area contributed by atoms with Crippen molar-refractivity contribution in [2.75, 3.05) is 19.8 Å². The van der Waals surface area contributed by atoms with Crippen molar-refractivity contribution >= 4 is 5.91 Å². The van der Waals surface area contributed by atoms with Gasteiger partial charge in [0, 0.05) is 6.54 Å². The predicted molar refractivity (Wildman–Crippen MR) is 64.5 cm³/mol. The van der Waals surface area contributed by atoms with E-state index in [0.717, 1.165) is 19.3 Å². The van der Waals surface area contributed by atoms with Crippen LogP contribution in [0.3, 0.4) is 0 Å². The fraction of sp³-hybridized carbons (Fsp3) is 0.917. The SMILES string of the molecule is CCCC1NC(CC)N(CCOCC(F)(F)F)C1=O. The Balaban J connectivity index is 2.40. The van der Waals surface area contributed by atoms with Crippen molar-refractivity contribution in [3.8, 4) is 0 Å². The summed E-state index contributed by atoms with van der Waals surface area (Å²) in [5, 5.41) is 3.20. The Morgan fingerprint density at radius 2 is 2.05 bits per heavy atom. The second kappa shape index (κ2) is 7.09. The number of halogens is 3. The number of nitrogens with zero attached hydrogens (tertiary/aromatic N) is 1. The number of ether oxygens (including phenoxy) is 1. The van der Waals surface area contributed by atoms with Crippen LogP contribution in [0.2, 0.25) is 0 Å². The average Bonchev–Trinajstić information content (AvgIpc) is 2.62. The summed E-state index contributed by atoms with van der Waals surface area (Å²) in [7, 11) is 0. The zero-order valence-corrected chi connectivity index (χ0v) is 11.3. The smallest absolute Gasteiger partial charge is 0.370 e. The summed E-state index contributed by atoms with van der Waals surface area (Å²) in [4.78, 5) is 13.6. The highest BCUT2D eigenvalue weighted by Crippen LogP contribution is 2.17. The number of alkyl halides is 3. The Bertz CT molecular complexity index is 297. The van der Waals surface area contributed by atoms with Gasteiger partial charge in [-0.1, -0.05) is 20.3 Å². The second-order valence-electron chi connectivity index (χ2n) is 4.63. The summed E-state index contributed by atoms with van der Waals surface area (Å²) in [5.41, 5.74) is 0. The van der Waals surface area contributed by atoms with Crippen molar-refractivity contribution in [2.45, 2.75) is 51.5 Å². The van der Waals surface area contributed by atoms with E-state index in [1.165, 1.54) is 0 Å². The van der Waals surface area contributed by atoms with Gasteiger partial charge < -0.3 is 9.64 Å². The van der Waals surface area contributed by atoms with Crippen LogP contribution in [0.1, 0.15) is 33.1 Å². The molecule has 0 aromatic heterocycles. The fourth-order valence-electron chi connectivity index (χ4n) is 2.20. The molecule has 1 amide bonds. The standard InChI is InChI=1S/C12H21F3N2O2/c1-3-5-9-11(18)17(10(4-2)16-9)6-7-19-8-12(13,14)15/h9-10,16H,3-8H2,1-2H3. The highest BCUT2D eigenvalue weighted by Gasteiger charge is 2.37. The quantitative estimate of drug-likeness (QED) is 0.725. The van der Waals surface area contributed by atoms with Crippen LogP contribution in [-0.2, 0) is 9.53 Å². The highest BCUT2D eigenvalue weighted by molar-refractivity contribution is 5.84. The van der Waals surface area contributed by atoms with Crippen molar-refractivity contribution in [2.24, 2.45) is 0 Å². The lowest BCUT2D eigenvalue weighted by molar-refractivity contribution is -0.175. The molecule has 0 saturated carbocycles. The van der Waals surface area contributed by atoms with E-state index in [1.54, 1.807) is 4.90 Å². The molecule has 0 radical (unpaired) electrons. The molecule has 1 rings (SSSR count). The summed E-state index contributed by atoms with van der Waals surface area (Å²) >= 11 is 0. The van der Waals surface area contributed by atoms with E-state index < -0.39 is 12.8 Å². The molecule has 1 saturated heterocycles. The van der Waals surface area contributed by atoms with Crippen LogP contribution in [0.15, 0.2) is 0 Å². The molecule has 1 aliphatic heterocycles. The molecular weight excluding hydrogens is 261 g/mol. The maximum absolute atomic E-state index is 12.0. The normalized spacial score (nSPS) is 24.3. The minimum Gasteiger partial charge on any atom is -0.370 e.